The topological polar surface area (TPSA) is 67.6 Å². The fourth-order valence-electron chi connectivity index (χ4n) is 3.46. The van der Waals surface area contributed by atoms with Gasteiger partial charge in [-0.15, -0.1) is 10.2 Å². The molecule has 29 heavy (non-hydrogen) atoms. The Balaban J connectivity index is 1.62. The molecule has 0 saturated carbocycles. The standard InChI is InChI=1S/C21H31ClN6O/c1-3-20-26-25-16-28(20)11-10-23-21(24-14-19-9-4-5-12-29-19)27(2)15-17-7-6-8-18(22)13-17/h6-8,13,16,19H,3-5,9-12,14-15H2,1-2H3,(H,23,24). The number of aryl methyl sites for hydroxylation is 1. The monoisotopic (exact) mass is 418 g/mol. The molecule has 1 aliphatic rings. The van der Waals surface area contributed by atoms with Crippen LogP contribution in [0, 0.1) is 0 Å². The molecule has 2 aromatic rings. The predicted octanol–water partition coefficient (Wildman–Crippen LogP) is 3.14. The zero-order chi connectivity index (χ0) is 20.5. The van der Waals surface area contributed by atoms with E-state index in [9.17, 15) is 0 Å². The highest BCUT2D eigenvalue weighted by Gasteiger charge is 2.15. The van der Waals surface area contributed by atoms with Crippen LogP contribution in [0.5, 0.6) is 0 Å². The Morgan fingerprint density at radius 3 is 3.07 bits per heavy atom. The Hall–Kier alpha value is -2.12. The van der Waals surface area contributed by atoms with Crippen molar-refractivity contribution in [2.75, 3.05) is 26.7 Å². The van der Waals surface area contributed by atoms with Crippen LogP contribution in [0.3, 0.4) is 0 Å². The molecule has 0 radical (unpaired) electrons. The van der Waals surface area contributed by atoms with Gasteiger partial charge in [-0.25, -0.2) is 0 Å². The molecule has 1 aromatic heterocycles. The second kappa shape index (κ2) is 11.2. The lowest BCUT2D eigenvalue weighted by Gasteiger charge is -2.25. The van der Waals surface area contributed by atoms with Gasteiger partial charge in [0.1, 0.15) is 12.2 Å². The minimum atomic E-state index is 0.213. The van der Waals surface area contributed by atoms with E-state index < -0.39 is 0 Å². The zero-order valence-corrected chi connectivity index (χ0v) is 18.1. The molecule has 1 N–H and O–H groups in total. The van der Waals surface area contributed by atoms with E-state index in [1.165, 1.54) is 6.42 Å². The first-order valence-corrected chi connectivity index (χ1v) is 10.8. The van der Waals surface area contributed by atoms with Gasteiger partial charge < -0.3 is 19.5 Å². The Labute approximate surface area is 178 Å². The molecule has 0 aliphatic carbocycles. The number of nitrogens with one attached hydrogen (secondary N) is 1. The molecule has 7 nitrogen and oxygen atoms in total. The number of guanidine groups is 1. The molecule has 1 aliphatic heterocycles. The van der Waals surface area contributed by atoms with Gasteiger partial charge in [0.2, 0.25) is 0 Å². The molecule has 0 bridgehead atoms. The summed E-state index contributed by atoms with van der Waals surface area (Å²) in [6.07, 6.45) is 6.31. The largest absolute Gasteiger partial charge is 0.376 e. The van der Waals surface area contributed by atoms with E-state index in [2.05, 4.69) is 38.0 Å². The summed E-state index contributed by atoms with van der Waals surface area (Å²) in [5.41, 5.74) is 1.15. The van der Waals surface area contributed by atoms with Crippen molar-refractivity contribution < 1.29 is 4.74 Å². The summed E-state index contributed by atoms with van der Waals surface area (Å²) in [5, 5.41) is 12.4. The highest BCUT2D eigenvalue weighted by molar-refractivity contribution is 6.30. The van der Waals surface area contributed by atoms with Gasteiger partial charge in [0, 0.05) is 44.7 Å². The van der Waals surface area contributed by atoms with E-state index in [1.807, 2.05) is 25.2 Å². The first kappa shape index (κ1) is 21.6. The van der Waals surface area contributed by atoms with Crippen molar-refractivity contribution in [3.63, 3.8) is 0 Å². The summed E-state index contributed by atoms with van der Waals surface area (Å²) in [5.74, 6) is 1.86. The number of halogens is 1. The molecule has 0 spiro atoms. The number of nitrogens with zero attached hydrogens (tertiary/aromatic N) is 5. The summed E-state index contributed by atoms with van der Waals surface area (Å²) in [6, 6.07) is 7.94. The maximum absolute atomic E-state index is 6.14. The van der Waals surface area contributed by atoms with Crippen LogP contribution in [0.2, 0.25) is 5.02 Å². The van der Waals surface area contributed by atoms with Crippen LogP contribution in [-0.2, 0) is 24.2 Å². The molecule has 0 amide bonds. The van der Waals surface area contributed by atoms with Crippen LogP contribution in [0.25, 0.3) is 0 Å². The fourth-order valence-corrected chi connectivity index (χ4v) is 3.68. The minimum absolute atomic E-state index is 0.213. The maximum Gasteiger partial charge on any atom is 0.194 e. The van der Waals surface area contributed by atoms with Crippen molar-refractivity contribution in [1.29, 1.82) is 0 Å². The van der Waals surface area contributed by atoms with Gasteiger partial charge in [-0.05, 0) is 37.0 Å². The molecule has 1 fully saturated rings. The quantitative estimate of drug-likeness (QED) is 0.527. The predicted molar refractivity (Wildman–Crippen MR) is 116 cm³/mol. The molecule has 158 valence electrons. The van der Waals surface area contributed by atoms with Gasteiger partial charge in [-0.3, -0.25) is 4.99 Å². The normalized spacial score (nSPS) is 17.3. The third kappa shape index (κ3) is 6.72. The van der Waals surface area contributed by atoms with Crippen molar-refractivity contribution in [1.82, 2.24) is 25.0 Å². The second-order valence-corrected chi connectivity index (χ2v) is 7.80. The third-order valence-corrected chi connectivity index (χ3v) is 5.27. The van der Waals surface area contributed by atoms with E-state index in [0.29, 0.717) is 6.54 Å². The number of aromatic nitrogens is 3. The van der Waals surface area contributed by atoms with Gasteiger partial charge in [-0.1, -0.05) is 30.7 Å². The average molecular weight is 419 g/mol. The van der Waals surface area contributed by atoms with Crippen molar-refractivity contribution in [2.24, 2.45) is 4.99 Å². The number of hydrogen-bond donors (Lipinski definition) is 1. The van der Waals surface area contributed by atoms with Crippen molar-refractivity contribution in [3.8, 4) is 0 Å². The summed E-state index contributed by atoms with van der Waals surface area (Å²) in [6.45, 7) is 5.87. The summed E-state index contributed by atoms with van der Waals surface area (Å²) < 4.78 is 7.92. The lowest BCUT2D eigenvalue weighted by atomic mass is 10.1. The summed E-state index contributed by atoms with van der Waals surface area (Å²) in [7, 11) is 2.05. The Bertz CT molecular complexity index is 787. The number of rotatable bonds is 8. The lowest BCUT2D eigenvalue weighted by molar-refractivity contribution is 0.0223. The Morgan fingerprint density at radius 1 is 1.41 bits per heavy atom. The van der Waals surface area contributed by atoms with E-state index in [1.54, 1.807) is 6.33 Å². The molecule has 1 aromatic carbocycles. The molecule has 1 unspecified atom stereocenters. The first-order chi connectivity index (χ1) is 14.2. The minimum Gasteiger partial charge on any atom is -0.376 e. The van der Waals surface area contributed by atoms with Crippen LogP contribution >= 0.6 is 11.6 Å². The molecule has 3 rings (SSSR count). The number of ether oxygens (including phenoxy) is 1. The molecular formula is C21H31ClN6O. The molecule has 2 heterocycles. The van der Waals surface area contributed by atoms with E-state index in [-0.39, 0.29) is 6.10 Å². The number of aliphatic imine (C=N–C) groups is 1. The Morgan fingerprint density at radius 2 is 2.31 bits per heavy atom. The maximum atomic E-state index is 6.14. The third-order valence-electron chi connectivity index (χ3n) is 5.04. The van der Waals surface area contributed by atoms with E-state index >= 15 is 0 Å². The average Bonchev–Trinajstić information content (AvgIpc) is 3.18. The molecular weight excluding hydrogens is 388 g/mol. The lowest BCUT2D eigenvalue weighted by Crippen LogP contribution is -2.40. The summed E-state index contributed by atoms with van der Waals surface area (Å²) >= 11 is 6.14. The van der Waals surface area contributed by atoms with Gasteiger partial charge in [0.15, 0.2) is 5.96 Å². The van der Waals surface area contributed by atoms with E-state index in [0.717, 1.165) is 67.9 Å². The second-order valence-electron chi connectivity index (χ2n) is 7.36. The van der Waals surface area contributed by atoms with Crippen LogP contribution < -0.4 is 5.32 Å². The van der Waals surface area contributed by atoms with Crippen LogP contribution in [0.1, 0.15) is 37.6 Å². The zero-order valence-electron chi connectivity index (χ0n) is 17.4. The van der Waals surface area contributed by atoms with Crippen LogP contribution in [-0.4, -0.2) is 58.5 Å². The van der Waals surface area contributed by atoms with Crippen molar-refractivity contribution >= 4 is 17.6 Å². The van der Waals surface area contributed by atoms with Crippen molar-refractivity contribution in [3.05, 3.63) is 47.0 Å². The number of benzene rings is 1. The van der Waals surface area contributed by atoms with Gasteiger partial charge in [-0.2, -0.15) is 0 Å². The number of hydrogen-bond acceptors (Lipinski definition) is 4. The molecule has 8 heteroatoms. The molecule has 1 atom stereocenters. The highest BCUT2D eigenvalue weighted by Crippen LogP contribution is 2.14. The van der Waals surface area contributed by atoms with Crippen LogP contribution in [0.15, 0.2) is 35.6 Å². The van der Waals surface area contributed by atoms with Crippen LogP contribution in [0.4, 0.5) is 0 Å². The van der Waals surface area contributed by atoms with Gasteiger partial charge in [0.05, 0.1) is 12.6 Å². The SMILES string of the molecule is CCc1nncn1CCNC(=NCC1CCCCO1)N(C)Cc1cccc(Cl)c1. The first-order valence-electron chi connectivity index (χ1n) is 10.4. The van der Waals surface area contributed by atoms with Crippen molar-refractivity contribution in [2.45, 2.75) is 51.8 Å². The van der Waals surface area contributed by atoms with Gasteiger partial charge in [0.25, 0.3) is 0 Å². The summed E-state index contributed by atoms with van der Waals surface area (Å²) in [4.78, 5) is 6.99. The molecule has 1 saturated heterocycles. The Kier molecular flexibility index (Phi) is 8.31. The van der Waals surface area contributed by atoms with Gasteiger partial charge >= 0.3 is 0 Å². The highest BCUT2D eigenvalue weighted by atomic mass is 35.5. The van der Waals surface area contributed by atoms with E-state index in [4.69, 9.17) is 21.3 Å². The smallest absolute Gasteiger partial charge is 0.194 e. The fraction of sp³-hybridized carbons (Fsp3) is 0.571.